The molecular weight excluding hydrogens is 384 g/mol. The maximum absolute atomic E-state index is 13.4. The second-order valence-electron chi connectivity index (χ2n) is 8.57. The van der Waals surface area contributed by atoms with E-state index in [0.717, 1.165) is 38.5 Å². The van der Waals surface area contributed by atoms with Crippen LogP contribution in [0.15, 0.2) is 24.5 Å². The summed E-state index contributed by atoms with van der Waals surface area (Å²) in [5, 5.41) is 2.59. The Morgan fingerprint density at radius 1 is 1.17 bits per heavy atom. The van der Waals surface area contributed by atoms with Crippen molar-refractivity contribution in [3.8, 4) is 0 Å². The third kappa shape index (κ3) is 3.63. The molecule has 2 saturated heterocycles. The highest BCUT2D eigenvalue weighted by Gasteiger charge is 2.62. The zero-order chi connectivity index (χ0) is 21.1. The highest BCUT2D eigenvalue weighted by atomic mass is 16.5. The number of ether oxygens (including phenoxy) is 1. The van der Waals surface area contributed by atoms with Gasteiger partial charge in [0.1, 0.15) is 6.54 Å². The van der Waals surface area contributed by atoms with Gasteiger partial charge < -0.3 is 19.9 Å². The number of aromatic nitrogens is 1. The van der Waals surface area contributed by atoms with E-state index in [-0.39, 0.29) is 36.0 Å². The smallest absolute Gasteiger partial charge is 0.325 e. The normalized spacial score (nSPS) is 23.8. The van der Waals surface area contributed by atoms with E-state index in [1.807, 2.05) is 12.1 Å². The molecule has 3 fully saturated rings. The number of carbonyl (C=O) groups is 3. The second kappa shape index (κ2) is 8.62. The highest BCUT2D eigenvalue weighted by Crippen LogP contribution is 2.59. The van der Waals surface area contributed by atoms with Crippen LogP contribution in [0, 0.1) is 5.41 Å². The van der Waals surface area contributed by atoms with Gasteiger partial charge in [0, 0.05) is 31.5 Å². The molecule has 8 nitrogen and oxygen atoms in total. The molecule has 1 spiro atoms. The molecule has 4 rings (SSSR count). The Morgan fingerprint density at radius 2 is 1.83 bits per heavy atom. The highest BCUT2D eigenvalue weighted by molar-refractivity contribution is 5.91. The van der Waals surface area contributed by atoms with Gasteiger partial charge in [-0.2, -0.15) is 0 Å². The number of amides is 3. The average Bonchev–Trinajstić information content (AvgIpc) is 2.81. The predicted molar refractivity (Wildman–Crippen MR) is 109 cm³/mol. The van der Waals surface area contributed by atoms with E-state index >= 15 is 0 Å². The van der Waals surface area contributed by atoms with Crippen molar-refractivity contribution in [2.45, 2.75) is 57.0 Å². The molecule has 0 aromatic carbocycles. The van der Waals surface area contributed by atoms with Crippen molar-refractivity contribution in [1.82, 2.24) is 20.1 Å². The molecule has 1 unspecified atom stereocenters. The first-order valence-electron chi connectivity index (χ1n) is 10.9. The number of likely N-dealkylation sites (tertiary alicyclic amines) is 2. The zero-order valence-electron chi connectivity index (χ0n) is 17.5. The third-order valence-corrected chi connectivity index (χ3v) is 6.99. The van der Waals surface area contributed by atoms with Crippen LogP contribution in [0.25, 0.3) is 0 Å². The fraction of sp³-hybridized carbons (Fsp3) is 0.636. The molecule has 1 aliphatic carbocycles. The van der Waals surface area contributed by atoms with Gasteiger partial charge in [-0.25, -0.2) is 4.79 Å². The van der Waals surface area contributed by atoms with Crippen LogP contribution in [0.3, 0.4) is 0 Å². The van der Waals surface area contributed by atoms with E-state index in [1.54, 1.807) is 17.3 Å². The summed E-state index contributed by atoms with van der Waals surface area (Å²) >= 11 is 0. The summed E-state index contributed by atoms with van der Waals surface area (Å²) in [6, 6.07) is 4.06. The maximum Gasteiger partial charge on any atom is 0.325 e. The van der Waals surface area contributed by atoms with Gasteiger partial charge in [0.05, 0.1) is 18.6 Å². The van der Waals surface area contributed by atoms with Crippen LogP contribution in [0.5, 0.6) is 0 Å². The number of hydrogen-bond donors (Lipinski definition) is 1. The van der Waals surface area contributed by atoms with Crippen molar-refractivity contribution in [2.24, 2.45) is 5.41 Å². The van der Waals surface area contributed by atoms with Gasteiger partial charge in [-0.05, 0) is 43.4 Å². The summed E-state index contributed by atoms with van der Waals surface area (Å²) < 4.78 is 4.56. The molecule has 1 N–H and O–H groups in total. The number of nitrogens with zero attached hydrogens (tertiary/aromatic N) is 3. The van der Waals surface area contributed by atoms with Crippen LogP contribution in [-0.2, 0) is 14.3 Å². The minimum absolute atomic E-state index is 0.109. The van der Waals surface area contributed by atoms with E-state index in [0.29, 0.717) is 13.1 Å². The van der Waals surface area contributed by atoms with Crippen molar-refractivity contribution in [2.75, 3.05) is 26.7 Å². The van der Waals surface area contributed by atoms with Gasteiger partial charge in [0.15, 0.2) is 0 Å². The van der Waals surface area contributed by atoms with Crippen LogP contribution in [0.2, 0.25) is 0 Å². The largest absolute Gasteiger partial charge is 0.468 e. The molecule has 0 radical (unpaired) electrons. The van der Waals surface area contributed by atoms with E-state index < -0.39 is 5.97 Å². The van der Waals surface area contributed by atoms with Crippen molar-refractivity contribution in [1.29, 1.82) is 0 Å². The molecule has 1 saturated carbocycles. The van der Waals surface area contributed by atoms with E-state index in [4.69, 9.17) is 0 Å². The van der Waals surface area contributed by atoms with Crippen molar-refractivity contribution in [3.05, 3.63) is 30.1 Å². The van der Waals surface area contributed by atoms with Crippen LogP contribution in [-0.4, -0.2) is 65.5 Å². The summed E-state index contributed by atoms with van der Waals surface area (Å²) in [6.45, 7) is 1.00. The first-order valence-corrected chi connectivity index (χ1v) is 10.9. The molecule has 162 valence electrons. The molecule has 0 bridgehead atoms. The Balaban J connectivity index is 1.43. The predicted octanol–water partition coefficient (Wildman–Crippen LogP) is 2.26. The van der Waals surface area contributed by atoms with Crippen molar-refractivity contribution >= 4 is 17.9 Å². The Labute approximate surface area is 177 Å². The van der Waals surface area contributed by atoms with Gasteiger partial charge in [0.25, 0.3) is 0 Å². The number of piperidine rings is 1. The summed E-state index contributed by atoms with van der Waals surface area (Å²) in [5.41, 5.74) is 0.916. The number of urea groups is 1. The van der Waals surface area contributed by atoms with Gasteiger partial charge >= 0.3 is 12.0 Å². The Bertz CT molecular complexity index is 786. The quantitative estimate of drug-likeness (QED) is 0.603. The number of β-lactam (4-membered cyclic amide) rings is 1. The van der Waals surface area contributed by atoms with Crippen LogP contribution in [0.4, 0.5) is 4.79 Å². The molecule has 8 heteroatoms. The number of methoxy groups -OCH3 is 1. The standard InChI is InChI=1S/C22H30N4O4/c1-30-18(27)15-24-21(29)25-13-7-17(8-14-25)26-19(16-5-11-23-12-6-16)22(20(26)28)9-3-2-4-10-22/h5-6,11-12,17,19H,2-4,7-10,13-15H2,1H3,(H,24,29). The number of hydrogen-bond acceptors (Lipinski definition) is 5. The van der Waals surface area contributed by atoms with Crippen molar-refractivity contribution in [3.63, 3.8) is 0 Å². The molecular formula is C22H30N4O4. The Morgan fingerprint density at radius 3 is 2.47 bits per heavy atom. The molecule has 2 aliphatic heterocycles. The Hall–Kier alpha value is -2.64. The fourth-order valence-corrected chi connectivity index (χ4v) is 5.44. The topological polar surface area (TPSA) is 91.8 Å². The molecule has 3 amide bonds. The molecule has 30 heavy (non-hydrogen) atoms. The summed E-state index contributed by atoms with van der Waals surface area (Å²) in [6.07, 6.45) is 10.5. The number of carbonyl (C=O) groups excluding carboxylic acids is 3. The molecule has 1 aromatic rings. The average molecular weight is 415 g/mol. The summed E-state index contributed by atoms with van der Waals surface area (Å²) in [7, 11) is 1.29. The SMILES string of the molecule is COC(=O)CNC(=O)N1CCC(N2C(=O)C3(CCCCC3)C2c2ccncc2)CC1. The molecule has 3 aliphatic rings. The first kappa shape index (κ1) is 20.6. The number of rotatable bonds is 4. The van der Waals surface area contributed by atoms with Gasteiger partial charge in [-0.3, -0.25) is 14.6 Å². The lowest BCUT2D eigenvalue weighted by molar-refractivity contribution is -0.186. The lowest BCUT2D eigenvalue weighted by Crippen LogP contribution is -2.68. The lowest BCUT2D eigenvalue weighted by atomic mass is 9.59. The minimum atomic E-state index is -0.470. The first-order chi connectivity index (χ1) is 14.6. The van der Waals surface area contributed by atoms with Gasteiger partial charge in [0.2, 0.25) is 5.91 Å². The van der Waals surface area contributed by atoms with E-state index in [9.17, 15) is 14.4 Å². The van der Waals surface area contributed by atoms with Crippen molar-refractivity contribution < 1.29 is 19.1 Å². The van der Waals surface area contributed by atoms with Crippen LogP contribution < -0.4 is 5.32 Å². The van der Waals surface area contributed by atoms with Crippen LogP contribution in [0.1, 0.15) is 56.6 Å². The third-order valence-electron chi connectivity index (χ3n) is 6.99. The van der Waals surface area contributed by atoms with Crippen LogP contribution >= 0.6 is 0 Å². The minimum Gasteiger partial charge on any atom is -0.468 e. The number of esters is 1. The Kier molecular flexibility index (Phi) is 5.92. The summed E-state index contributed by atoms with van der Waals surface area (Å²) in [4.78, 5) is 44.9. The zero-order valence-corrected chi connectivity index (χ0v) is 17.5. The molecule has 3 heterocycles. The monoisotopic (exact) mass is 414 g/mol. The molecule has 1 atom stereocenters. The lowest BCUT2D eigenvalue weighted by Gasteiger charge is -2.61. The molecule has 1 aromatic heterocycles. The fourth-order valence-electron chi connectivity index (χ4n) is 5.44. The number of pyridine rings is 1. The second-order valence-corrected chi connectivity index (χ2v) is 8.57. The van der Waals surface area contributed by atoms with Gasteiger partial charge in [-0.15, -0.1) is 0 Å². The van der Waals surface area contributed by atoms with E-state index in [1.165, 1.54) is 19.1 Å². The van der Waals surface area contributed by atoms with Gasteiger partial charge in [-0.1, -0.05) is 19.3 Å². The van der Waals surface area contributed by atoms with E-state index in [2.05, 4.69) is 19.9 Å². The number of nitrogens with one attached hydrogen (secondary N) is 1. The maximum atomic E-state index is 13.4. The summed E-state index contributed by atoms with van der Waals surface area (Å²) in [5.74, 6) is -0.181.